The monoisotopic (exact) mass is 576 g/mol. The number of carbonyl (C=O) groups is 1. The van der Waals surface area contributed by atoms with Crippen LogP contribution in [0.4, 0.5) is 10.2 Å². The van der Waals surface area contributed by atoms with Gasteiger partial charge in [-0.25, -0.2) is 13.9 Å². The van der Waals surface area contributed by atoms with Gasteiger partial charge in [0.05, 0.1) is 37.0 Å². The molecule has 1 saturated heterocycles. The number of methoxy groups -OCH3 is 1. The number of hydrogen-bond acceptors (Lipinski definition) is 7. The molecule has 0 aliphatic carbocycles. The van der Waals surface area contributed by atoms with E-state index in [1.807, 2.05) is 37.6 Å². The number of rotatable bonds is 7. The van der Waals surface area contributed by atoms with Crippen molar-refractivity contribution in [2.45, 2.75) is 6.42 Å². The minimum atomic E-state index is -0.434. The SMILES string of the molecule is C=C(CC(=O)N1CCN(c2ccc(-c3cc(-c4cnn(C)c4)cn4ncc(C#N)c34)cn2)CC1)c1cc(F)cc(OC)c1. The van der Waals surface area contributed by atoms with Gasteiger partial charge in [0.2, 0.25) is 5.91 Å². The van der Waals surface area contributed by atoms with Gasteiger partial charge in [0.25, 0.3) is 0 Å². The number of pyridine rings is 2. The highest BCUT2D eigenvalue weighted by Crippen LogP contribution is 2.32. The molecule has 5 heterocycles. The van der Waals surface area contributed by atoms with E-state index >= 15 is 0 Å². The summed E-state index contributed by atoms with van der Waals surface area (Å²) in [4.78, 5) is 21.7. The van der Waals surface area contributed by atoms with Gasteiger partial charge in [-0.3, -0.25) is 9.48 Å². The van der Waals surface area contributed by atoms with Gasteiger partial charge in [-0.15, -0.1) is 0 Å². The number of nitriles is 1. The summed E-state index contributed by atoms with van der Waals surface area (Å²) in [5.74, 6) is 0.705. The number of aryl methyl sites for hydroxylation is 1. The fourth-order valence-electron chi connectivity index (χ4n) is 5.35. The number of hydrogen-bond donors (Lipinski definition) is 0. The maximum atomic E-state index is 13.9. The van der Waals surface area contributed by atoms with Crippen molar-refractivity contribution in [2.75, 3.05) is 38.2 Å². The first-order valence-electron chi connectivity index (χ1n) is 13.8. The van der Waals surface area contributed by atoms with Gasteiger partial charge in [-0.2, -0.15) is 15.5 Å². The third-order valence-corrected chi connectivity index (χ3v) is 7.67. The summed E-state index contributed by atoms with van der Waals surface area (Å²) in [6.07, 6.45) is 9.09. The van der Waals surface area contributed by atoms with Crippen LogP contribution in [0, 0.1) is 17.1 Å². The van der Waals surface area contributed by atoms with Crippen molar-refractivity contribution < 1.29 is 13.9 Å². The first-order valence-corrected chi connectivity index (χ1v) is 13.8. The van der Waals surface area contributed by atoms with Crippen molar-refractivity contribution in [3.63, 3.8) is 0 Å². The summed E-state index contributed by atoms with van der Waals surface area (Å²) in [6, 6.07) is 12.6. The van der Waals surface area contributed by atoms with Gasteiger partial charge in [-0.05, 0) is 41.5 Å². The predicted octanol–water partition coefficient (Wildman–Crippen LogP) is 4.57. The van der Waals surface area contributed by atoms with E-state index in [1.54, 1.807) is 38.8 Å². The van der Waals surface area contributed by atoms with E-state index in [0.29, 0.717) is 48.6 Å². The lowest BCUT2D eigenvalue weighted by molar-refractivity contribution is -0.130. The van der Waals surface area contributed by atoms with E-state index in [-0.39, 0.29) is 12.3 Å². The molecular weight excluding hydrogens is 547 g/mol. The number of ether oxygens (including phenoxy) is 1. The molecule has 216 valence electrons. The van der Waals surface area contributed by atoms with Crippen molar-refractivity contribution in [1.29, 1.82) is 5.26 Å². The minimum absolute atomic E-state index is 0.0530. The highest BCUT2D eigenvalue weighted by molar-refractivity contribution is 5.89. The molecule has 0 radical (unpaired) electrons. The van der Waals surface area contributed by atoms with Crippen LogP contribution >= 0.6 is 0 Å². The molecule has 0 N–H and O–H groups in total. The number of fused-ring (bicyclic) bond motifs is 1. The zero-order valence-corrected chi connectivity index (χ0v) is 23.9. The topological polar surface area (TPSA) is 105 Å². The van der Waals surface area contributed by atoms with E-state index in [1.165, 1.54) is 19.2 Å². The molecule has 1 aliphatic rings. The Morgan fingerprint density at radius 2 is 1.84 bits per heavy atom. The molecule has 1 amide bonds. The average Bonchev–Trinajstić information content (AvgIpc) is 3.66. The van der Waals surface area contributed by atoms with Crippen molar-refractivity contribution >= 4 is 22.8 Å². The lowest BCUT2D eigenvalue weighted by Crippen LogP contribution is -2.49. The van der Waals surface area contributed by atoms with Crippen LogP contribution in [0.3, 0.4) is 0 Å². The van der Waals surface area contributed by atoms with Gasteiger partial charge >= 0.3 is 0 Å². The van der Waals surface area contributed by atoms with E-state index in [0.717, 1.165) is 33.6 Å². The Morgan fingerprint density at radius 1 is 1.02 bits per heavy atom. The smallest absolute Gasteiger partial charge is 0.227 e. The first kappa shape index (κ1) is 27.7. The fraction of sp³-hybridized carbons (Fsp3) is 0.219. The minimum Gasteiger partial charge on any atom is -0.497 e. The van der Waals surface area contributed by atoms with Crippen LogP contribution in [-0.4, -0.2) is 68.5 Å². The summed E-state index contributed by atoms with van der Waals surface area (Å²) in [7, 11) is 3.34. The highest BCUT2D eigenvalue weighted by atomic mass is 19.1. The number of amides is 1. The largest absolute Gasteiger partial charge is 0.497 e. The third-order valence-electron chi connectivity index (χ3n) is 7.67. The Morgan fingerprint density at radius 3 is 2.51 bits per heavy atom. The number of benzene rings is 1. The molecule has 10 nitrogen and oxygen atoms in total. The number of nitrogens with zero attached hydrogens (tertiary/aromatic N) is 8. The van der Waals surface area contributed by atoms with Crippen molar-refractivity contribution in [3.8, 4) is 34.1 Å². The van der Waals surface area contributed by atoms with Gasteiger partial charge in [-0.1, -0.05) is 6.58 Å². The number of halogens is 1. The molecule has 4 aromatic heterocycles. The van der Waals surface area contributed by atoms with Crippen LogP contribution in [0.1, 0.15) is 17.5 Å². The van der Waals surface area contributed by atoms with E-state index in [4.69, 9.17) is 9.72 Å². The van der Waals surface area contributed by atoms with Gasteiger partial charge in [0.15, 0.2) is 0 Å². The molecule has 43 heavy (non-hydrogen) atoms. The number of piperazine rings is 1. The molecular formula is C32H29FN8O2. The number of aromatic nitrogens is 5. The molecule has 0 bridgehead atoms. The first-order chi connectivity index (χ1) is 20.8. The summed E-state index contributed by atoms with van der Waals surface area (Å²) in [6.45, 7) is 6.33. The summed E-state index contributed by atoms with van der Waals surface area (Å²) in [5.41, 5.74) is 5.87. The summed E-state index contributed by atoms with van der Waals surface area (Å²) < 4.78 is 22.5. The average molecular weight is 577 g/mol. The Kier molecular flexibility index (Phi) is 7.34. The maximum Gasteiger partial charge on any atom is 0.227 e. The fourth-order valence-corrected chi connectivity index (χ4v) is 5.35. The molecule has 0 spiro atoms. The molecule has 1 aromatic carbocycles. The van der Waals surface area contributed by atoms with Crippen molar-refractivity contribution in [2.24, 2.45) is 7.05 Å². The molecule has 0 unspecified atom stereocenters. The Labute approximate surface area is 247 Å². The quantitative estimate of drug-likeness (QED) is 0.280. The van der Waals surface area contributed by atoms with Crippen LogP contribution in [0.5, 0.6) is 5.75 Å². The lowest BCUT2D eigenvalue weighted by Gasteiger charge is -2.35. The van der Waals surface area contributed by atoms with Crippen LogP contribution < -0.4 is 9.64 Å². The summed E-state index contributed by atoms with van der Waals surface area (Å²) in [5, 5.41) is 18.4. The normalized spacial score (nSPS) is 13.3. The zero-order valence-electron chi connectivity index (χ0n) is 23.9. The van der Waals surface area contributed by atoms with Crippen LogP contribution in [0.25, 0.3) is 33.3 Å². The predicted molar refractivity (Wildman–Crippen MR) is 161 cm³/mol. The molecule has 1 aliphatic heterocycles. The lowest BCUT2D eigenvalue weighted by atomic mass is 10.0. The van der Waals surface area contributed by atoms with E-state index in [2.05, 4.69) is 27.7 Å². The van der Waals surface area contributed by atoms with Gasteiger partial charge < -0.3 is 14.5 Å². The molecule has 6 rings (SSSR count). The second kappa shape index (κ2) is 11.4. The number of anilines is 1. The molecule has 11 heteroatoms. The molecule has 0 saturated carbocycles. The number of carbonyl (C=O) groups excluding carboxylic acids is 1. The van der Waals surface area contributed by atoms with Crippen LogP contribution in [-0.2, 0) is 11.8 Å². The third kappa shape index (κ3) is 5.55. The van der Waals surface area contributed by atoms with Crippen molar-refractivity contribution in [1.82, 2.24) is 29.3 Å². The molecule has 5 aromatic rings. The van der Waals surface area contributed by atoms with Crippen LogP contribution in [0.15, 0.2) is 74.0 Å². The Bertz CT molecular complexity index is 1880. The van der Waals surface area contributed by atoms with Gasteiger partial charge in [0, 0.05) is 80.1 Å². The van der Waals surface area contributed by atoms with Gasteiger partial charge in [0.1, 0.15) is 23.5 Å². The maximum absolute atomic E-state index is 13.9. The van der Waals surface area contributed by atoms with Crippen molar-refractivity contribution in [3.05, 3.63) is 90.9 Å². The van der Waals surface area contributed by atoms with E-state index < -0.39 is 5.82 Å². The Balaban J connectivity index is 1.15. The van der Waals surface area contributed by atoms with Crippen LogP contribution in [0.2, 0.25) is 0 Å². The van der Waals surface area contributed by atoms with E-state index in [9.17, 15) is 14.4 Å². The molecule has 0 atom stereocenters. The highest BCUT2D eigenvalue weighted by Gasteiger charge is 2.23. The summed E-state index contributed by atoms with van der Waals surface area (Å²) >= 11 is 0. The second-order valence-corrected chi connectivity index (χ2v) is 10.4. The standard InChI is InChI=1S/C32H29FN8O2/c1-21(23-11-27(33)14-28(12-23)43-3)10-31(42)40-8-6-39(7-9-40)30-5-4-22(16-35-30)29-13-24(26-18-36-38(2)19-26)20-41-32(29)25(15-34)17-37-41/h4-5,11-14,16-20H,1,6-10H2,2-3H3. The second-order valence-electron chi connectivity index (χ2n) is 10.4. The molecule has 1 fully saturated rings. The Hall–Kier alpha value is -5.50. The zero-order chi connectivity index (χ0) is 30.1.